The van der Waals surface area contributed by atoms with Gasteiger partial charge in [0.2, 0.25) is 0 Å². The zero-order chi connectivity index (χ0) is 13.0. The molecule has 0 aromatic rings. The Morgan fingerprint density at radius 2 is 1.75 bits per heavy atom. The molecule has 0 unspecified atom stereocenters. The van der Waals surface area contributed by atoms with E-state index in [-0.39, 0.29) is 0 Å². The molecule has 0 aliphatic rings. The van der Waals surface area contributed by atoms with E-state index in [9.17, 15) is 10.1 Å². The molecule has 0 bridgehead atoms. The number of aliphatic hydroxyl groups is 1. The van der Waals surface area contributed by atoms with Gasteiger partial charge < -0.3 is 14.8 Å². The molecule has 0 heterocycles. The van der Waals surface area contributed by atoms with Crippen LogP contribution in [0.3, 0.4) is 0 Å². The Kier molecular flexibility index (Phi) is 5.73. The van der Waals surface area contributed by atoms with Crippen molar-refractivity contribution in [1.29, 1.82) is 0 Å². The molecule has 0 atom stereocenters. The quantitative estimate of drug-likeness (QED) is 0.542. The van der Waals surface area contributed by atoms with Gasteiger partial charge >= 0.3 is 7.12 Å². The van der Waals surface area contributed by atoms with E-state index in [1.807, 2.05) is 13.8 Å². The third-order valence-corrected chi connectivity index (χ3v) is 2.87. The second kappa shape index (κ2) is 5.85. The van der Waals surface area contributed by atoms with Crippen molar-refractivity contribution in [3.63, 3.8) is 0 Å². The predicted molar refractivity (Wildman–Crippen MR) is 68.3 cm³/mol. The van der Waals surface area contributed by atoms with Gasteiger partial charge in [-0.25, -0.2) is 0 Å². The molecule has 0 saturated carbocycles. The summed E-state index contributed by atoms with van der Waals surface area (Å²) in [6.45, 7) is 10.9. The first kappa shape index (κ1) is 15.7. The fraction of sp³-hybridized carbons (Fsp3) is 0.833. The Morgan fingerprint density at radius 3 is 2.12 bits per heavy atom. The Morgan fingerprint density at radius 1 is 1.25 bits per heavy atom. The molecule has 0 aliphatic carbocycles. The van der Waals surface area contributed by atoms with Gasteiger partial charge in [0.15, 0.2) is 0 Å². The minimum Gasteiger partial charge on any atom is -0.427 e. The third kappa shape index (κ3) is 5.68. The summed E-state index contributed by atoms with van der Waals surface area (Å²) in [4.78, 5) is 0. The second-order valence-corrected chi connectivity index (χ2v) is 5.50. The van der Waals surface area contributed by atoms with Crippen LogP contribution in [0.1, 0.15) is 48.0 Å². The molecular formula is C12H25BO3. The largest absolute Gasteiger partial charge is 0.454 e. The number of hydrogen-bond acceptors (Lipinski definition) is 3. The summed E-state index contributed by atoms with van der Waals surface area (Å²) in [7, 11) is -0.836. The number of allylic oxidation sites excluding steroid dienone is 2. The van der Waals surface area contributed by atoms with Crippen molar-refractivity contribution < 1.29 is 14.8 Å². The average molecular weight is 228 g/mol. The van der Waals surface area contributed by atoms with Crippen LogP contribution in [0.25, 0.3) is 0 Å². The van der Waals surface area contributed by atoms with E-state index < -0.39 is 18.3 Å². The highest BCUT2D eigenvalue weighted by Gasteiger charge is 2.38. The van der Waals surface area contributed by atoms with Crippen LogP contribution in [0.15, 0.2) is 11.6 Å². The van der Waals surface area contributed by atoms with Crippen molar-refractivity contribution in [3.05, 3.63) is 11.6 Å². The molecule has 0 amide bonds. The van der Waals surface area contributed by atoms with Gasteiger partial charge in [-0.3, -0.25) is 0 Å². The van der Waals surface area contributed by atoms with E-state index in [1.54, 1.807) is 27.7 Å². The van der Waals surface area contributed by atoms with Crippen molar-refractivity contribution in [3.8, 4) is 0 Å². The lowest BCUT2D eigenvalue weighted by Gasteiger charge is -2.38. The van der Waals surface area contributed by atoms with E-state index in [0.717, 1.165) is 6.42 Å². The van der Waals surface area contributed by atoms with Crippen molar-refractivity contribution >= 4 is 7.12 Å². The average Bonchev–Trinajstić information content (AvgIpc) is 1.99. The van der Waals surface area contributed by atoms with E-state index in [2.05, 4.69) is 6.08 Å². The van der Waals surface area contributed by atoms with Gasteiger partial charge in [0, 0.05) is 0 Å². The number of rotatable bonds is 6. The Balaban J connectivity index is 4.14. The van der Waals surface area contributed by atoms with Gasteiger partial charge in [0.1, 0.15) is 0 Å². The second-order valence-electron chi connectivity index (χ2n) is 5.50. The molecule has 0 spiro atoms. The van der Waals surface area contributed by atoms with Crippen LogP contribution in [0.5, 0.6) is 0 Å². The van der Waals surface area contributed by atoms with Gasteiger partial charge in [-0.05, 0) is 54.3 Å². The highest BCUT2D eigenvalue weighted by Crippen LogP contribution is 2.26. The Hall–Kier alpha value is -0.315. The molecule has 3 nitrogen and oxygen atoms in total. The summed E-state index contributed by atoms with van der Waals surface area (Å²) in [6.07, 6.45) is 3.39. The molecule has 2 N–H and O–H groups in total. The van der Waals surface area contributed by atoms with Gasteiger partial charge in [-0.2, -0.15) is 0 Å². The molecule has 4 heteroatoms. The van der Waals surface area contributed by atoms with E-state index >= 15 is 0 Å². The molecule has 0 radical (unpaired) electrons. The molecule has 0 aromatic heterocycles. The summed E-state index contributed by atoms with van der Waals surface area (Å²) in [5, 5.41) is 19.6. The molecule has 94 valence electrons. The first-order valence-corrected chi connectivity index (χ1v) is 5.78. The van der Waals surface area contributed by atoms with Crippen LogP contribution in [0.4, 0.5) is 0 Å². The van der Waals surface area contributed by atoms with Gasteiger partial charge in [0.05, 0.1) is 11.2 Å². The highest BCUT2D eigenvalue weighted by molar-refractivity contribution is 6.42. The highest BCUT2D eigenvalue weighted by atomic mass is 16.5. The van der Waals surface area contributed by atoms with Crippen molar-refractivity contribution in [1.82, 2.24) is 0 Å². The summed E-state index contributed by atoms with van der Waals surface area (Å²) in [6, 6.07) is 0. The summed E-state index contributed by atoms with van der Waals surface area (Å²) in [5.41, 5.74) is -0.518. The van der Waals surface area contributed by atoms with Crippen LogP contribution < -0.4 is 0 Å². The summed E-state index contributed by atoms with van der Waals surface area (Å²) in [5.74, 6) is 0. The summed E-state index contributed by atoms with van der Waals surface area (Å²) >= 11 is 0. The van der Waals surface area contributed by atoms with E-state index in [0.29, 0.717) is 6.32 Å². The lowest BCUT2D eigenvalue weighted by atomic mass is 9.79. The standard InChI is InChI=1S/C12H25BO3/c1-10(2)8-7-9-13(15)16-12(5,6)11(3,4)14/h8,14-15H,7,9H2,1-6H3. The predicted octanol–water partition coefficient (Wildman–Crippen LogP) is 2.39. The van der Waals surface area contributed by atoms with Crippen LogP contribution in [0.2, 0.25) is 6.32 Å². The molecule has 16 heavy (non-hydrogen) atoms. The number of hydrogen-bond donors (Lipinski definition) is 2. The zero-order valence-corrected chi connectivity index (χ0v) is 11.4. The van der Waals surface area contributed by atoms with Crippen molar-refractivity contribution in [2.75, 3.05) is 0 Å². The maximum atomic E-state index is 9.86. The van der Waals surface area contributed by atoms with E-state index in [1.165, 1.54) is 5.57 Å². The fourth-order valence-electron chi connectivity index (χ4n) is 1.06. The third-order valence-electron chi connectivity index (χ3n) is 2.87. The van der Waals surface area contributed by atoms with Crippen LogP contribution in [-0.4, -0.2) is 28.5 Å². The maximum Gasteiger partial charge on any atom is 0.454 e. The molecule has 0 saturated heterocycles. The van der Waals surface area contributed by atoms with Gasteiger partial charge in [0.25, 0.3) is 0 Å². The SMILES string of the molecule is CC(C)=CCCB(O)OC(C)(C)C(C)(C)O. The Bertz CT molecular complexity index is 237. The normalized spacial score (nSPS) is 12.5. The smallest absolute Gasteiger partial charge is 0.427 e. The fourth-order valence-corrected chi connectivity index (χ4v) is 1.06. The van der Waals surface area contributed by atoms with E-state index in [4.69, 9.17) is 4.65 Å². The van der Waals surface area contributed by atoms with Gasteiger partial charge in [-0.1, -0.05) is 11.6 Å². The zero-order valence-electron chi connectivity index (χ0n) is 11.4. The topological polar surface area (TPSA) is 49.7 Å². The maximum absolute atomic E-state index is 9.86. The van der Waals surface area contributed by atoms with Crippen LogP contribution >= 0.6 is 0 Å². The first-order chi connectivity index (χ1) is 7.06. The molecular weight excluding hydrogens is 203 g/mol. The van der Waals surface area contributed by atoms with Crippen molar-refractivity contribution in [2.24, 2.45) is 0 Å². The molecule has 0 aromatic carbocycles. The molecule has 0 aliphatic heterocycles. The summed E-state index contributed by atoms with van der Waals surface area (Å²) < 4.78 is 5.46. The molecule has 0 fully saturated rings. The first-order valence-electron chi connectivity index (χ1n) is 5.78. The minimum absolute atomic E-state index is 0.546. The van der Waals surface area contributed by atoms with Crippen molar-refractivity contribution in [2.45, 2.75) is 65.5 Å². The minimum atomic E-state index is -0.982. The van der Waals surface area contributed by atoms with Crippen LogP contribution in [0, 0.1) is 0 Å². The lowest BCUT2D eigenvalue weighted by Crippen LogP contribution is -2.50. The Labute approximate surface area is 99.7 Å². The van der Waals surface area contributed by atoms with Gasteiger partial charge in [-0.15, -0.1) is 0 Å². The van der Waals surface area contributed by atoms with Crippen LogP contribution in [-0.2, 0) is 4.65 Å². The molecule has 0 rings (SSSR count). The monoisotopic (exact) mass is 228 g/mol. The lowest BCUT2D eigenvalue weighted by molar-refractivity contribution is -0.0999.